The first-order valence-electron chi connectivity index (χ1n) is 5.45. The van der Waals surface area contributed by atoms with Crippen LogP contribution in [0.3, 0.4) is 0 Å². The summed E-state index contributed by atoms with van der Waals surface area (Å²) in [5, 5.41) is 18.7. The lowest BCUT2D eigenvalue weighted by Crippen LogP contribution is -2.12. The van der Waals surface area contributed by atoms with Crippen LogP contribution in [-0.4, -0.2) is 18.1 Å². The number of amides is 1. The molecular formula is C14H14N2O3. The second-order valence-corrected chi connectivity index (χ2v) is 3.76. The molecular weight excluding hydrogens is 244 g/mol. The van der Waals surface area contributed by atoms with Gasteiger partial charge in [-0.25, -0.2) is 0 Å². The smallest absolute Gasteiger partial charge is 0.259 e. The van der Waals surface area contributed by atoms with Crippen molar-refractivity contribution < 1.29 is 14.6 Å². The van der Waals surface area contributed by atoms with Crippen LogP contribution in [0, 0.1) is 11.3 Å². The number of nitrogens with zero attached hydrogens (tertiary/aromatic N) is 1. The highest BCUT2D eigenvalue weighted by atomic mass is 16.5. The molecule has 0 aromatic heterocycles. The highest BCUT2D eigenvalue weighted by Gasteiger charge is 2.10. The van der Waals surface area contributed by atoms with Gasteiger partial charge in [-0.2, -0.15) is 5.26 Å². The fraction of sp³-hybridized carbons (Fsp3) is 0.143. The number of hydrogen-bond donors (Lipinski definition) is 2. The monoisotopic (exact) mass is 258 g/mol. The van der Waals surface area contributed by atoms with E-state index in [0.29, 0.717) is 17.5 Å². The van der Waals surface area contributed by atoms with Gasteiger partial charge in [0, 0.05) is 5.56 Å². The van der Waals surface area contributed by atoms with Gasteiger partial charge in [0.2, 0.25) is 0 Å². The lowest BCUT2D eigenvalue weighted by atomic mass is 10.0. The van der Waals surface area contributed by atoms with E-state index in [0.717, 1.165) is 0 Å². The third-order valence-electron chi connectivity index (χ3n) is 2.46. The van der Waals surface area contributed by atoms with E-state index >= 15 is 0 Å². The van der Waals surface area contributed by atoms with Gasteiger partial charge in [0.25, 0.3) is 5.91 Å². The lowest BCUT2D eigenvalue weighted by molar-refractivity contribution is -0.114. The highest BCUT2D eigenvalue weighted by molar-refractivity contribution is 6.00. The van der Waals surface area contributed by atoms with Gasteiger partial charge in [-0.1, -0.05) is 6.08 Å². The van der Waals surface area contributed by atoms with E-state index in [-0.39, 0.29) is 17.1 Å². The summed E-state index contributed by atoms with van der Waals surface area (Å²) in [6.07, 6.45) is 3.40. The molecule has 0 unspecified atom stereocenters. The van der Waals surface area contributed by atoms with Crippen LogP contribution in [0.4, 0.5) is 0 Å². The van der Waals surface area contributed by atoms with Crippen LogP contribution < -0.4 is 10.5 Å². The predicted octanol–water partition coefficient (Wildman–Crippen LogP) is 1.52. The fourth-order valence-electron chi connectivity index (χ4n) is 1.56. The Balaban J connectivity index is 3.37. The van der Waals surface area contributed by atoms with Gasteiger partial charge in [-0.3, -0.25) is 4.79 Å². The van der Waals surface area contributed by atoms with E-state index in [1.165, 1.54) is 19.3 Å². The number of methoxy groups -OCH3 is 1. The number of nitriles is 1. The summed E-state index contributed by atoms with van der Waals surface area (Å²) in [5.41, 5.74) is 6.03. The average molecular weight is 258 g/mol. The zero-order valence-corrected chi connectivity index (χ0v) is 10.5. The number of carbonyl (C=O) groups excluding carboxylic acids is 1. The minimum atomic E-state index is -0.806. The van der Waals surface area contributed by atoms with Crippen molar-refractivity contribution in [2.45, 2.75) is 6.42 Å². The number of ether oxygens (including phenoxy) is 1. The van der Waals surface area contributed by atoms with Gasteiger partial charge in [0.1, 0.15) is 11.6 Å². The van der Waals surface area contributed by atoms with E-state index in [2.05, 4.69) is 6.58 Å². The Hall–Kier alpha value is -2.74. The van der Waals surface area contributed by atoms with Crippen LogP contribution in [0.25, 0.3) is 6.08 Å². The quantitative estimate of drug-likeness (QED) is 0.475. The molecule has 0 aliphatic carbocycles. The maximum atomic E-state index is 11.0. The van der Waals surface area contributed by atoms with E-state index in [4.69, 9.17) is 15.7 Å². The first-order valence-corrected chi connectivity index (χ1v) is 5.45. The molecule has 0 aliphatic heterocycles. The molecule has 0 heterocycles. The number of phenols is 1. The summed E-state index contributed by atoms with van der Waals surface area (Å²) in [6, 6.07) is 4.87. The number of primary amides is 1. The molecule has 1 amide bonds. The minimum absolute atomic E-state index is 0.0112. The molecule has 0 saturated carbocycles. The molecule has 0 spiro atoms. The molecule has 1 aromatic carbocycles. The summed E-state index contributed by atoms with van der Waals surface area (Å²) in [6.45, 7) is 3.59. The van der Waals surface area contributed by atoms with E-state index in [9.17, 15) is 9.90 Å². The first-order chi connectivity index (χ1) is 9.03. The Labute approximate surface area is 111 Å². The molecule has 1 aromatic rings. The molecule has 5 heteroatoms. The molecule has 0 fully saturated rings. The summed E-state index contributed by atoms with van der Waals surface area (Å²) in [7, 11) is 1.42. The van der Waals surface area contributed by atoms with Gasteiger partial charge in [0.05, 0.1) is 7.11 Å². The SMILES string of the molecule is C=CCc1cc(/C=C(/C#N)C(N)=O)cc(OC)c1O. The summed E-state index contributed by atoms with van der Waals surface area (Å²) >= 11 is 0. The van der Waals surface area contributed by atoms with E-state index in [1.54, 1.807) is 18.2 Å². The third kappa shape index (κ3) is 3.36. The average Bonchev–Trinajstić information content (AvgIpc) is 2.39. The number of phenolic OH excluding ortho intramolecular Hbond substituents is 1. The number of hydrogen-bond acceptors (Lipinski definition) is 4. The lowest BCUT2D eigenvalue weighted by Gasteiger charge is -2.09. The third-order valence-corrected chi connectivity index (χ3v) is 2.46. The van der Waals surface area contributed by atoms with Crippen LogP contribution in [0.15, 0.2) is 30.4 Å². The largest absolute Gasteiger partial charge is 0.504 e. The Morgan fingerprint density at radius 2 is 2.32 bits per heavy atom. The van der Waals surface area contributed by atoms with Crippen LogP contribution in [0.1, 0.15) is 11.1 Å². The maximum Gasteiger partial charge on any atom is 0.259 e. The zero-order chi connectivity index (χ0) is 14.4. The summed E-state index contributed by atoms with van der Waals surface area (Å²) in [5.74, 6) is -0.538. The van der Waals surface area contributed by atoms with Crippen LogP contribution in [-0.2, 0) is 11.2 Å². The number of allylic oxidation sites excluding steroid dienone is 1. The number of rotatable bonds is 5. The van der Waals surface area contributed by atoms with Gasteiger partial charge < -0.3 is 15.6 Å². The Kier molecular flexibility index (Phi) is 4.72. The van der Waals surface area contributed by atoms with Crippen molar-refractivity contribution >= 4 is 12.0 Å². The number of carbonyl (C=O) groups is 1. The molecule has 0 saturated heterocycles. The van der Waals surface area contributed by atoms with Crippen molar-refractivity contribution in [3.05, 3.63) is 41.5 Å². The van der Waals surface area contributed by atoms with Crippen molar-refractivity contribution in [3.8, 4) is 17.6 Å². The fourth-order valence-corrected chi connectivity index (χ4v) is 1.56. The number of aromatic hydroxyl groups is 1. The zero-order valence-electron chi connectivity index (χ0n) is 10.5. The maximum absolute atomic E-state index is 11.0. The van der Waals surface area contributed by atoms with Crippen molar-refractivity contribution in [1.82, 2.24) is 0 Å². The number of benzene rings is 1. The molecule has 0 radical (unpaired) electrons. The van der Waals surface area contributed by atoms with Gasteiger partial charge >= 0.3 is 0 Å². The van der Waals surface area contributed by atoms with Crippen molar-refractivity contribution in [2.75, 3.05) is 7.11 Å². The van der Waals surface area contributed by atoms with Crippen molar-refractivity contribution in [3.63, 3.8) is 0 Å². The molecule has 19 heavy (non-hydrogen) atoms. The van der Waals surface area contributed by atoms with Crippen LogP contribution in [0.2, 0.25) is 0 Å². The molecule has 0 aliphatic rings. The molecule has 98 valence electrons. The molecule has 0 atom stereocenters. The molecule has 5 nitrogen and oxygen atoms in total. The van der Waals surface area contributed by atoms with Gasteiger partial charge in [0.15, 0.2) is 11.5 Å². The Morgan fingerprint density at radius 1 is 1.63 bits per heavy atom. The predicted molar refractivity (Wildman–Crippen MR) is 71.3 cm³/mol. The molecule has 1 rings (SSSR count). The summed E-state index contributed by atoms with van der Waals surface area (Å²) in [4.78, 5) is 11.0. The van der Waals surface area contributed by atoms with Gasteiger partial charge in [-0.05, 0) is 30.2 Å². The second-order valence-electron chi connectivity index (χ2n) is 3.76. The van der Waals surface area contributed by atoms with Crippen molar-refractivity contribution in [1.29, 1.82) is 5.26 Å². The number of nitrogens with two attached hydrogens (primary N) is 1. The van der Waals surface area contributed by atoms with Crippen LogP contribution >= 0.6 is 0 Å². The van der Waals surface area contributed by atoms with Gasteiger partial charge in [-0.15, -0.1) is 6.58 Å². The minimum Gasteiger partial charge on any atom is -0.504 e. The van der Waals surface area contributed by atoms with E-state index < -0.39 is 5.91 Å². The van der Waals surface area contributed by atoms with Crippen molar-refractivity contribution in [2.24, 2.45) is 5.73 Å². The Bertz CT molecular complexity index is 583. The second kappa shape index (κ2) is 6.26. The molecule has 0 bridgehead atoms. The normalized spacial score (nSPS) is 10.6. The first kappa shape index (κ1) is 14.3. The molecule has 3 N–H and O–H groups in total. The summed E-state index contributed by atoms with van der Waals surface area (Å²) < 4.78 is 5.04. The van der Waals surface area contributed by atoms with Crippen LogP contribution in [0.5, 0.6) is 11.5 Å². The standard InChI is InChI=1S/C14H14N2O3/c1-3-4-10-5-9(6-11(8-15)14(16)18)7-12(19-2)13(10)17/h3,5-7,17H,1,4H2,2H3,(H2,16,18)/b11-6-. The Morgan fingerprint density at radius 3 is 2.79 bits per heavy atom. The highest BCUT2D eigenvalue weighted by Crippen LogP contribution is 2.32. The van der Waals surface area contributed by atoms with E-state index in [1.807, 2.05) is 0 Å². The topological polar surface area (TPSA) is 96.3 Å².